The van der Waals surface area contributed by atoms with Crippen molar-refractivity contribution in [1.82, 2.24) is 14.9 Å². The van der Waals surface area contributed by atoms with Gasteiger partial charge in [0, 0.05) is 29.8 Å². The molecule has 0 spiro atoms. The lowest BCUT2D eigenvalue weighted by molar-refractivity contribution is 0.0738. The molecular weight excluding hydrogens is 236 g/mol. The van der Waals surface area contributed by atoms with Gasteiger partial charge in [0.1, 0.15) is 11.6 Å². The molecular formula is C15H26N4. The molecule has 0 saturated heterocycles. The molecule has 0 aromatic carbocycles. The maximum Gasteiger partial charge on any atom is 0.133 e. The highest BCUT2D eigenvalue weighted by Crippen LogP contribution is 2.36. The van der Waals surface area contributed by atoms with Crippen molar-refractivity contribution >= 4 is 5.82 Å². The average Bonchev–Trinajstić information content (AvgIpc) is 2.26. The molecule has 0 amide bonds. The highest BCUT2D eigenvalue weighted by molar-refractivity contribution is 5.37. The Hall–Kier alpha value is -1.16. The van der Waals surface area contributed by atoms with E-state index in [1.807, 2.05) is 13.0 Å². The number of nitrogens with zero attached hydrogens (tertiary/aromatic N) is 3. The van der Waals surface area contributed by atoms with Gasteiger partial charge in [-0.15, -0.1) is 0 Å². The van der Waals surface area contributed by atoms with Crippen LogP contribution in [0.4, 0.5) is 5.82 Å². The van der Waals surface area contributed by atoms with Crippen LogP contribution in [0.5, 0.6) is 0 Å². The molecule has 4 heteroatoms. The summed E-state index contributed by atoms with van der Waals surface area (Å²) in [5.41, 5.74) is 1.35. The molecule has 2 rings (SSSR count). The predicted molar refractivity (Wildman–Crippen MR) is 79.6 cm³/mol. The fourth-order valence-electron chi connectivity index (χ4n) is 2.56. The topological polar surface area (TPSA) is 41.0 Å². The van der Waals surface area contributed by atoms with Crippen LogP contribution in [-0.4, -0.2) is 41.0 Å². The number of aryl methyl sites for hydroxylation is 1. The van der Waals surface area contributed by atoms with Gasteiger partial charge in [-0.3, -0.25) is 0 Å². The highest BCUT2D eigenvalue weighted by atomic mass is 15.2. The number of hydrogen-bond donors (Lipinski definition) is 1. The summed E-state index contributed by atoms with van der Waals surface area (Å²) >= 11 is 0. The van der Waals surface area contributed by atoms with Crippen LogP contribution in [0, 0.1) is 6.92 Å². The second kappa shape index (κ2) is 5.45. The van der Waals surface area contributed by atoms with Crippen LogP contribution < -0.4 is 5.32 Å². The van der Waals surface area contributed by atoms with Gasteiger partial charge in [0.15, 0.2) is 0 Å². The Bertz CT molecular complexity index is 436. The minimum atomic E-state index is 0.316. The van der Waals surface area contributed by atoms with Crippen molar-refractivity contribution in [2.24, 2.45) is 0 Å². The van der Waals surface area contributed by atoms with E-state index in [9.17, 15) is 0 Å². The predicted octanol–water partition coefficient (Wildman–Crippen LogP) is 2.80. The van der Waals surface area contributed by atoms with Crippen molar-refractivity contribution in [2.75, 3.05) is 26.0 Å². The van der Waals surface area contributed by atoms with Crippen LogP contribution in [0.25, 0.3) is 0 Å². The molecule has 1 saturated carbocycles. The Morgan fingerprint density at radius 3 is 2.47 bits per heavy atom. The first-order valence-corrected chi connectivity index (χ1v) is 7.20. The molecule has 1 aliphatic rings. The van der Waals surface area contributed by atoms with E-state index in [0.29, 0.717) is 11.5 Å². The first kappa shape index (κ1) is 14.3. The molecule has 0 aliphatic heterocycles. The van der Waals surface area contributed by atoms with Gasteiger partial charge in [-0.1, -0.05) is 13.8 Å². The molecule has 106 valence electrons. The van der Waals surface area contributed by atoms with Gasteiger partial charge in [0.05, 0.1) is 0 Å². The van der Waals surface area contributed by atoms with Gasteiger partial charge in [0.25, 0.3) is 0 Å². The van der Waals surface area contributed by atoms with Gasteiger partial charge in [0.2, 0.25) is 0 Å². The van der Waals surface area contributed by atoms with Crippen molar-refractivity contribution in [3.8, 4) is 0 Å². The zero-order valence-electron chi connectivity index (χ0n) is 12.8. The molecule has 1 aromatic rings. The molecule has 0 atom stereocenters. The first-order chi connectivity index (χ1) is 8.93. The summed E-state index contributed by atoms with van der Waals surface area (Å²) in [5, 5.41) is 3.51. The Labute approximate surface area is 116 Å². The minimum absolute atomic E-state index is 0.316. The van der Waals surface area contributed by atoms with E-state index in [0.717, 1.165) is 23.9 Å². The van der Waals surface area contributed by atoms with Gasteiger partial charge in [-0.25, -0.2) is 9.97 Å². The molecule has 0 unspecified atom stereocenters. The number of anilines is 1. The Morgan fingerprint density at radius 2 is 2.00 bits per heavy atom. The van der Waals surface area contributed by atoms with Crippen LogP contribution >= 0.6 is 0 Å². The lowest BCUT2D eigenvalue weighted by atomic mass is 9.75. The van der Waals surface area contributed by atoms with E-state index in [1.54, 1.807) is 0 Å². The lowest BCUT2D eigenvalue weighted by Gasteiger charge is -2.47. The van der Waals surface area contributed by atoms with Crippen molar-refractivity contribution in [2.45, 2.75) is 51.5 Å². The quantitative estimate of drug-likeness (QED) is 0.886. The Kier molecular flexibility index (Phi) is 4.09. The van der Waals surface area contributed by atoms with Crippen LogP contribution in [0.1, 0.15) is 50.5 Å². The second-order valence-corrected chi connectivity index (χ2v) is 6.23. The monoisotopic (exact) mass is 262 g/mol. The Balaban J connectivity index is 2.07. The van der Waals surface area contributed by atoms with Crippen LogP contribution in [0.15, 0.2) is 6.07 Å². The molecule has 1 aliphatic carbocycles. The first-order valence-electron chi connectivity index (χ1n) is 7.20. The summed E-state index contributed by atoms with van der Waals surface area (Å²) in [5.74, 6) is 2.26. The molecule has 1 fully saturated rings. The third-order valence-corrected chi connectivity index (χ3v) is 4.22. The third kappa shape index (κ3) is 3.06. The van der Waals surface area contributed by atoms with E-state index in [-0.39, 0.29) is 0 Å². The number of likely N-dealkylation sites (N-methyl/N-ethyl adjacent to an activating group) is 1. The standard InChI is InChI=1S/C15H26N4/c1-11(2)14-17-12(3)9-13(18-14)16-10-15(19(4)5)7-6-8-15/h9,11H,6-8,10H2,1-5H3,(H,16,17,18). The van der Waals surface area contributed by atoms with E-state index in [1.165, 1.54) is 19.3 Å². The fourth-order valence-corrected chi connectivity index (χ4v) is 2.56. The number of hydrogen-bond acceptors (Lipinski definition) is 4. The van der Waals surface area contributed by atoms with Crippen molar-refractivity contribution in [3.05, 3.63) is 17.6 Å². The molecule has 4 nitrogen and oxygen atoms in total. The van der Waals surface area contributed by atoms with Crippen LogP contribution in [0.2, 0.25) is 0 Å². The van der Waals surface area contributed by atoms with E-state index < -0.39 is 0 Å². The molecule has 1 N–H and O–H groups in total. The molecule has 0 bridgehead atoms. The summed E-state index contributed by atoms with van der Waals surface area (Å²) in [4.78, 5) is 11.4. The zero-order chi connectivity index (χ0) is 14.0. The van der Waals surface area contributed by atoms with Crippen molar-refractivity contribution < 1.29 is 0 Å². The normalized spacial score (nSPS) is 17.6. The van der Waals surface area contributed by atoms with E-state index >= 15 is 0 Å². The largest absolute Gasteiger partial charge is 0.368 e. The summed E-state index contributed by atoms with van der Waals surface area (Å²) in [6, 6.07) is 2.04. The SMILES string of the molecule is Cc1cc(NCC2(N(C)C)CCC2)nc(C(C)C)n1. The summed E-state index contributed by atoms with van der Waals surface area (Å²) in [6.45, 7) is 7.26. The summed E-state index contributed by atoms with van der Waals surface area (Å²) in [6.07, 6.45) is 3.88. The number of rotatable bonds is 5. The number of aromatic nitrogens is 2. The zero-order valence-corrected chi connectivity index (χ0v) is 12.8. The van der Waals surface area contributed by atoms with Crippen LogP contribution in [0.3, 0.4) is 0 Å². The maximum absolute atomic E-state index is 4.61. The van der Waals surface area contributed by atoms with Gasteiger partial charge in [-0.05, 0) is 40.3 Å². The van der Waals surface area contributed by atoms with Crippen molar-refractivity contribution in [3.63, 3.8) is 0 Å². The summed E-state index contributed by atoms with van der Waals surface area (Å²) in [7, 11) is 4.34. The molecule has 0 radical (unpaired) electrons. The number of nitrogens with one attached hydrogen (secondary N) is 1. The highest BCUT2D eigenvalue weighted by Gasteiger charge is 2.38. The Morgan fingerprint density at radius 1 is 1.32 bits per heavy atom. The van der Waals surface area contributed by atoms with Crippen LogP contribution in [-0.2, 0) is 0 Å². The smallest absolute Gasteiger partial charge is 0.133 e. The fraction of sp³-hybridized carbons (Fsp3) is 0.733. The maximum atomic E-state index is 4.61. The van der Waals surface area contributed by atoms with Gasteiger partial charge < -0.3 is 10.2 Å². The minimum Gasteiger partial charge on any atom is -0.368 e. The molecule has 1 aromatic heterocycles. The second-order valence-electron chi connectivity index (χ2n) is 6.23. The van der Waals surface area contributed by atoms with E-state index in [4.69, 9.17) is 0 Å². The van der Waals surface area contributed by atoms with Crippen molar-refractivity contribution in [1.29, 1.82) is 0 Å². The summed E-state index contributed by atoms with van der Waals surface area (Å²) < 4.78 is 0. The van der Waals surface area contributed by atoms with Gasteiger partial charge in [-0.2, -0.15) is 0 Å². The van der Waals surface area contributed by atoms with E-state index in [2.05, 4.69) is 48.1 Å². The third-order valence-electron chi connectivity index (χ3n) is 4.22. The average molecular weight is 262 g/mol. The molecule has 19 heavy (non-hydrogen) atoms. The van der Waals surface area contributed by atoms with Gasteiger partial charge >= 0.3 is 0 Å². The lowest BCUT2D eigenvalue weighted by Crippen LogP contribution is -2.54. The molecule has 1 heterocycles.